The Bertz CT molecular complexity index is 1240. The highest BCUT2D eigenvalue weighted by atomic mass is 16.5. The second-order valence-corrected chi connectivity index (χ2v) is 6.73. The molecule has 0 aliphatic carbocycles. The maximum Gasteiger partial charge on any atom is 0.255 e. The molecule has 0 radical (unpaired) electrons. The molecule has 1 N–H and O–H groups in total. The normalized spacial score (nSPS) is 10.7. The molecule has 1 aromatic heterocycles. The molecule has 3 aromatic carbocycles. The third-order valence-corrected chi connectivity index (χ3v) is 4.66. The number of amides is 1. The van der Waals surface area contributed by atoms with Crippen LogP contribution in [-0.2, 0) is 0 Å². The molecular formula is C24H19NO4. The highest BCUT2D eigenvalue weighted by molar-refractivity contribution is 6.04. The molecule has 0 saturated heterocycles. The van der Waals surface area contributed by atoms with E-state index >= 15 is 0 Å². The summed E-state index contributed by atoms with van der Waals surface area (Å²) in [6.45, 7) is 1.93. The lowest BCUT2D eigenvalue weighted by Gasteiger charge is -2.08. The number of rotatable bonds is 4. The van der Waals surface area contributed by atoms with Gasteiger partial charge in [0.05, 0.1) is 12.5 Å². The molecule has 1 amide bonds. The van der Waals surface area contributed by atoms with Crippen molar-refractivity contribution in [2.45, 2.75) is 6.92 Å². The van der Waals surface area contributed by atoms with Crippen LogP contribution < -0.4 is 15.5 Å². The van der Waals surface area contributed by atoms with Gasteiger partial charge in [0.15, 0.2) is 5.43 Å². The zero-order valence-corrected chi connectivity index (χ0v) is 16.1. The second kappa shape index (κ2) is 7.64. The fourth-order valence-electron chi connectivity index (χ4n) is 3.08. The lowest BCUT2D eigenvalue weighted by Crippen LogP contribution is -2.11. The van der Waals surface area contributed by atoms with Crippen LogP contribution in [0.4, 0.5) is 5.69 Å². The van der Waals surface area contributed by atoms with E-state index in [1.54, 1.807) is 61.7 Å². The van der Waals surface area contributed by atoms with Gasteiger partial charge in [0.25, 0.3) is 5.91 Å². The number of nitrogens with one attached hydrogen (secondary N) is 1. The molecule has 0 aliphatic rings. The Morgan fingerprint density at radius 2 is 1.66 bits per heavy atom. The Hall–Kier alpha value is -3.86. The van der Waals surface area contributed by atoms with Crippen molar-refractivity contribution in [2.75, 3.05) is 12.4 Å². The number of methoxy groups -OCH3 is 1. The van der Waals surface area contributed by atoms with Crippen LogP contribution in [0.15, 0.2) is 82.0 Å². The summed E-state index contributed by atoms with van der Waals surface area (Å²) in [6.07, 6.45) is 0. The number of carbonyl (C=O) groups is 1. The van der Waals surface area contributed by atoms with Crippen molar-refractivity contribution in [3.8, 4) is 17.1 Å². The Kier molecular flexibility index (Phi) is 4.87. The van der Waals surface area contributed by atoms with Gasteiger partial charge in [-0.2, -0.15) is 0 Å². The molecule has 5 nitrogen and oxygen atoms in total. The van der Waals surface area contributed by atoms with Gasteiger partial charge in [-0.25, -0.2) is 0 Å². The molecule has 0 atom stereocenters. The summed E-state index contributed by atoms with van der Waals surface area (Å²) in [5.74, 6) is 0.963. The quantitative estimate of drug-likeness (QED) is 0.535. The van der Waals surface area contributed by atoms with Gasteiger partial charge in [0.2, 0.25) is 0 Å². The molecule has 5 heteroatoms. The first-order valence-electron chi connectivity index (χ1n) is 9.14. The molecule has 0 spiro atoms. The predicted molar refractivity (Wildman–Crippen MR) is 114 cm³/mol. The molecular weight excluding hydrogens is 366 g/mol. The number of hydrogen-bond acceptors (Lipinski definition) is 4. The van der Waals surface area contributed by atoms with Crippen molar-refractivity contribution in [1.29, 1.82) is 0 Å². The average Bonchev–Trinajstić information content (AvgIpc) is 2.75. The van der Waals surface area contributed by atoms with Gasteiger partial charge in [0, 0.05) is 22.9 Å². The second-order valence-electron chi connectivity index (χ2n) is 6.73. The average molecular weight is 385 g/mol. The minimum absolute atomic E-state index is 0.0914. The first-order chi connectivity index (χ1) is 14.0. The van der Waals surface area contributed by atoms with Gasteiger partial charge in [-0.15, -0.1) is 0 Å². The van der Waals surface area contributed by atoms with Gasteiger partial charge in [-0.3, -0.25) is 9.59 Å². The van der Waals surface area contributed by atoms with Crippen molar-refractivity contribution in [1.82, 2.24) is 0 Å². The molecule has 4 aromatic rings. The van der Waals surface area contributed by atoms with Crippen molar-refractivity contribution in [3.05, 3.63) is 94.1 Å². The zero-order chi connectivity index (χ0) is 20.4. The first-order valence-corrected chi connectivity index (χ1v) is 9.14. The van der Waals surface area contributed by atoms with Gasteiger partial charge >= 0.3 is 0 Å². The van der Waals surface area contributed by atoms with Gasteiger partial charge < -0.3 is 14.5 Å². The minimum Gasteiger partial charge on any atom is -0.497 e. The lowest BCUT2D eigenvalue weighted by atomic mass is 10.1. The standard InChI is InChI=1S/C24H19NO4/c1-15-3-12-22-20(13-15)21(26)14-23(29-22)16-4-6-17(7-5-16)24(27)25-18-8-10-19(28-2)11-9-18/h3-14H,1-2H3,(H,25,27). The zero-order valence-electron chi connectivity index (χ0n) is 16.1. The Morgan fingerprint density at radius 3 is 2.34 bits per heavy atom. The molecule has 144 valence electrons. The van der Waals surface area contributed by atoms with E-state index in [0.717, 1.165) is 16.9 Å². The summed E-state index contributed by atoms with van der Waals surface area (Å²) in [7, 11) is 1.59. The van der Waals surface area contributed by atoms with E-state index < -0.39 is 0 Å². The largest absolute Gasteiger partial charge is 0.497 e. The number of hydrogen-bond donors (Lipinski definition) is 1. The molecule has 0 bridgehead atoms. The van der Waals surface area contributed by atoms with E-state index in [1.807, 2.05) is 19.1 Å². The van der Waals surface area contributed by atoms with Crippen LogP contribution in [0.3, 0.4) is 0 Å². The molecule has 0 aliphatic heterocycles. The van der Waals surface area contributed by atoms with Crippen molar-refractivity contribution >= 4 is 22.6 Å². The van der Waals surface area contributed by atoms with Crippen LogP contribution in [0.1, 0.15) is 15.9 Å². The van der Waals surface area contributed by atoms with Crippen LogP contribution in [0.2, 0.25) is 0 Å². The molecule has 0 saturated carbocycles. The maximum atomic E-state index is 12.5. The SMILES string of the molecule is COc1ccc(NC(=O)c2ccc(-c3cc(=O)c4cc(C)ccc4o3)cc2)cc1. The number of anilines is 1. The number of benzene rings is 3. The summed E-state index contributed by atoms with van der Waals surface area (Å²) in [5.41, 5.74) is 3.36. The van der Waals surface area contributed by atoms with Crippen molar-refractivity contribution < 1.29 is 13.9 Å². The summed E-state index contributed by atoms with van der Waals surface area (Å²) < 4.78 is 11.0. The monoisotopic (exact) mass is 385 g/mol. The molecule has 4 rings (SSSR count). The van der Waals surface area contributed by atoms with Crippen molar-refractivity contribution in [3.63, 3.8) is 0 Å². The third kappa shape index (κ3) is 3.89. The van der Waals surface area contributed by atoms with E-state index in [2.05, 4.69) is 5.32 Å². The summed E-state index contributed by atoms with van der Waals surface area (Å²) in [4.78, 5) is 24.9. The van der Waals surface area contributed by atoms with E-state index in [1.165, 1.54) is 6.07 Å². The first kappa shape index (κ1) is 18.5. The van der Waals surface area contributed by atoms with E-state index in [0.29, 0.717) is 28.0 Å². The van der Waals surface area contributed by atoms with Crippen LogP contribution >= 0.6 is 0 Å². The summed E-state index contributed by atoms with van der Waals surface area (Å²) >= 11 is 0. The highest BCUT2D eigenvalue weighted by Crippen LogP contribution is 2.23. The van der Waals surface area contributed by atoms with Crippen molar-refractivity contribution in [2.24, 2.45) is 0 Å². The van der Waals surface area contributed by atoms with Gasteiger partial charge in [0.1, 0.15) is 17.1 Å². The molecule has 29 heavy (non-hydrogen) atoms. The third-order valence-electron chi connectivity index (χ3n) is 4.66. The van der Waals surface area contributed by atoms with Crippen LogP contribution in [0.25, 0.3) is 22.3 Å². The lowest BCUT2D eigenvalue weighted by molar-refractivity contribution is 0.102. The van der Waals surface area contributed by atoms with Gasteiger partial charge in [-0.05, 0) is 55.5 Å². The summed E-state index contributed by atoms with van der Waals surface area (Å²) in [6, 6.07) is 21.0. The van der Waals surface area contributed by atoms with Crippen LogP contribution in [-0.4, -0.2) is 13.0 Å². The molecule has 0 unspecified atom stereocenters. The number of carbonyl (C=O) groups excluding carboxylic acids is 1. The van der Waals surface area contributed by atoms with E-state index in [9.17, 15) is 9.59 Å². The molecule has 0 fully saturated rings. The number of ether oxygens (including phenoxy) is 1. The Balaban J connectivity index is 1.57. The summed E-state index contributed by atoms with van der Waals surface area (Å²) in [5, 5.41) is 3.40. The highest BCUT2D eigenvalue weighted by Gasteiger charge is 2.10. The van der Waals surface area contributed by atoms with E-state index in [4.69, 9.17) is 9.15 Å². The fourth-order valence-corrected chi connectivity index (χ4v) is 3.08. The Labute approximate surface area is 167 Å². The molecule has 1 heterocycles. The number of fused-ring (bicyclic) bond motifs is 1. The Morgan fingerprint density at radius 1 is 0.931 bits per heavy atom. The number of aryl methyl sites for hydroxylation is 1. The van der Waals surface area contributed by atoms with Gasteiger partial charge in [-0.1, -0.05) is 23.8 Å². The van der Waals surface area contributed by atoms with Crippen LogP contribution in [0.5, 0.6) is 5.75 Å². The predicted octanol–water partition coefficient (Wildman–Crippen LogP) is 5.03. The fraction of sp³-hybridized carbons (Fsp3) is 0.0833. The smallest absolute Gasteiger partial charge is 0.255 e. The topological polar surface area (TPSA) is 68.5 Å². The minimum atomic E-state index is -0.225. The maximum absolute atomic E-state index is 12.5. The van der Waals surface area contributed by atoms with Crippen LogP contribution in [0, 0.1) is 6.92 Å². The van der Waals surface area contributed by atoms with E-state index in [-0.39, 0.29) is 11.3 Å².